The van der Waals surface area contributed by atoms with Gasteiger partial charge < -0.3 is 10.6 Å². The number of carbonyl (C=O) groups is 2. The van der Waals surface area contributed by atoms with Crippen LogP contribution in [0.2, 0.25) is 0 Å². The molecule has 2 aromatic rings. The second-order valence-corrected chi connectivity index (χ2v) is 6.09. The zero-order chi connectivity index (χ0) is 17.1. The van der Waals surface area contributed by atoms with Crippen LogP contribution in [0, 0.1) is 11.7 Å². The summed E-state index contributed by atoms with van der Waals surface area (Å²) in [5, 5.41) is 5.60. The van der Waals surface area contributed by atoms with Crippen LogP contribution in [-0.4, -0.2) is 11.8 Å². The van der Waals surface area contributed by atoms with Crippen molar-refractivity contribution >= 4 is 11.8 Å². The van der Waals surface area contributed by atoms with E-state index in [1.54, 1.807) is 19.1 Å². The van der Waals surface area contributed by atoms with Gasteiger partial charge in [-0.1, -0.05) is 43.3 Å². The van der Waals surface area contributed by atoms with Crippen LogP contribution in [0.5, 0.6) is 0 Å². The summed E-state index contributed by atoms with van der Waals surface area (Å²) in [5.41, 5.74) is 2.58. The predicted octanol–water partition coefficient (Wildman–Crippen LogP) is 2.49. The molecular weight excluding hydrogens is 307 g/mol. The van der Waals surface area contributed by atoms with Gasteiger partial charge in [-0.25, -0.2) is 4.39 Å². The first-order chi connectivity index (χ1) is 11.5. The molecule has 0 aromatic heterocycles. The van der Waals surface area contributed by atoms with E-state index in [4.69, 9.17) is 0 Å². The number of carbonyl (C=O) groups excluding carboxylic acids is 2. The molecule has 5 heteroatoms. The van der Waals surface area contributed by atoms with Gasteiger partial charge in [0.25, 0.3) is 0 Å². The van der Waals surface area contributed by atoms with Crippen LogP contribution >= 0.6 is 0 Å². The maximum atomic E-state index is 13.3. The fourth-order valence-corrected chi connectivity index (χ4v) is 2.94. The van der Waals surface area contributed by atoms with E-state index in [9.17, 15) is 14.0 Å². The van der Waals surface area contributed by atoms with E-state index in [1.807, 2.05) is 24.3 Å². The van der Waals surface area contributed by atoms with E-state index in [-0.39, 0.29) is 23.5 Å². The van der Waals surface area contributed by atoms with Gasteiger partial charge in [-0.15, -0.1) is 0 Å². The smallest absolute Gasteiger partial charge is 0.247 e. The normalized spacial score (nSPS) is 17.6. The fourth-order valence-electron chi connectivity index (χ4n) is 2.94. The van der Waals surface area contributed by atoms with Crippen molar-refractivity contribution in [1.29, 1.82) is 0 Å². The van der Waals surface area contributed by atoms with E-state index in [0.717, 1.165) is 16.7 Å². The van der Waals surface area contributed by atoms with Crippen molar-refractivity contribution in [1.82, 2.24) is 10.6 Å². The molecule has 4 nitrogen and oxygen atoms in total. The minimum atomic E-state index is -0.683. The molecule has 1 aliphatic rings. The third-order valence-electron chi connectivity index (χ3n) is 4.25. The van der Waals surface area contributed by atoms with E-state index in [2.05, 4.69) is 10.6 Å². The molecule has 0 saturated carbocycles. The summed E-state index contributed by atoms with van der Waals surface area (Å²) >= 11 is 0. The van der Waals surface area contributed by atoms with Crippen LogP contribution in [0.25, 0.3) is 0 Å². The maximum absolute atomic E-state index is 13.3. The lowest BCUT2D eigenvalue weighted by Gasteiger charge is -2.27. The van der Waals surface area contributed by atoms with E-state index in [0.29, 0.717) is 13.0 Å². The topological polar surface area (TPSA) is 58.2 Å². The number of benzene rings is 2. The molecule has 124 valence electrons. The average molecular weight is 326 g/mol. The van der Waals surface area contributed by atoms with Crippen molar-refractivity contribution in [3.05, 3.63) is 71.0 Å². The molecule has 2 aromatic carbocycles. The molecule has 0 bridgehead atoms. The molecule has 0 spiro atoms. The van der Waals surface area contributed by atoms with Gasteiger partial charge in [0.15, 0.2) is 0 Å². The summed E-state index contributed by atoms with van der Waals surface area (Å²) < 4.78 is 13.3. The molecule has 2 N–H and O–H groups in total. The van der Waals surface area contributed by atoms with Crippen molar-refractivity contribution in [3.63, 3.8) is 0 Å². The van der Waals surface area contributed by atoms with Crippen LogP contribution in [0.4, 0.5) is 4.39 Å². The van der Waals surface area contributed by atoms with E-state index >= 15 is 0 Å². The summed E-state index contributed by atoms with van der Waals surface area (Å²) in [4.78, 5) is 24.6. The number of hydrogen-bond acceptors (Lipinski definition) is 2. The maximum Gasteiger partial charge on any atom is 0.247 e. The van der Waals surface area contributed by atoms with Gasteiger partial charge in [0.2, 0.25) is 11.8 Å². The highest BCUT2D eigenvalue weighted by Gasteiger charge is 2.29. The Morgan fingerprint density at radius 2 is 2.08 bits per heavy atom. The first-order valence-corrected chi connectivity index (χ1v) is 7.95. The number of hydrogen-bond donors (Lipinski definition) is 2. The van der Waals surface area contributed by atoms with Gasteiger partial charge in [-0.2, -0.15) is 0 Å². The molecule has 0 aliphatic carbocycles. The molecule has 0 fully saturated rings. The van der Waals surface area contributed by atoms with Crippen LogP contribution in [0.3, 0.4) is 0 Å². The van der Waals surface area contributed by atoms with Crippen LogP contribution in [-0.2, 0) is 22.6 Å². The quantitative estimate of drug-likeness (QED) is 0.907. The zero-order valence-corrected chi connectivity index (χ0v) is 13.4. The fraction of sp³-hybridized carbons (Fsp3) is 0.263. The molecule has 2 unspecified atom stereocenters. The monoisotopic (exact) mass is 326 g/mol. The molecule has 3 rings (SSSR count). The third kappa shape index (κ3) is 3.45. The minimum absolute atomic E-state index is 0.208. The lowest BCUT2D eigenvalue weighted by molar-refractivity contribution is -0.131. The molecule has 2 amide bonds. The molecule has 1 aliphatic heterocycles. The van der Waals surface area contributed by atoms with Gasteiger partial charge in [0.05, 0.1) is 0 Å². The number of rotatable bonds is 4. The minimum Gasteiger partial charge on any atom is -0.350 e. The Morgan fingerprint density at radius 1 is 1.29 bits per heavy atom. The largest absolute Gasteiger partial charge is 0.350 e. The van der Waals surface area contributed by atoms with E-state index in [1.165, 1.54) is 12.1 Å². The molecule has 2 atom stereocenters. The lowest BCUT2D eigenvalue weighted by atomic mass is 9.94. The summed E-state index contributed by atoms with van der Waals surface area (Å²) in [6.07, 6.45) is 0.416. The zero-order valence-electron chi connectivity index (χ0n) is 13.4. The Bertz CT molecular complexity index is 775. The SMILES string of the molecule is CC(Cc1cccc(F)c1)C(=O)NC1C(=O)NCc2ccccc21. The Kier molecular flexibility index (Phi) is 4.60. The highest BCUT2D eigenvalue weighted by atomic mass is 19.1. The first kappa shape index (κ1) is 16.2. The van der Waals surface area contributed by atoms with Gasteiger partial charge in [-0.05, 0) is 35.2 Å². The molecule has 0 radical (unpaired) electrons. The van der Waals surface area contributed by atoms with Crippen molar-refractivity contribution in [2.45, 2.75) is 25.9 Å². The van der Waals surface area contributed by atoms with Crippen LogP contribution < -0.4 is 10.6 Å². The Morgan fingerprint density at radius 3 is 2.88 bits per heavy atom. The van der Waals surface area contributed by atoms with Crippen LogP contribution in [0.1, 0.15) is 29.7 Å². The van der Waals surface area contributed by atoms with Crippen molar-refractivity contribution in [2.75, 3.05) is 0 Å². The molecule has 1 heterocycles. The summed E-state index contributed by atoms with van der Waals surface area (Å²) in [5.74, 6) is -1.12. The standard InChI is InChI=1S/C19H19FN2O2/c1-12(9-13-5-4-7-15(20)10-13)18(23)22-17-16-8-3-2-6-14(16)11-21-19(17)24/h2-8,10,12,17H,9,11H2,1H3,(H,21,24)(H,22,23). The average Bonchev–Trinajstić information content (AvgIpc) is 2.57. The van der Waals surface area contributed by atoms with Crippen molar-refractivity contribution in [3.8, 4) is 0 Å². The third-order valence-corrected chi connectivity index (χ3v) is 4.25. The molecule has 0 saturated heterocycles. The van der Waals surface area contributed by atoms with Gasteiger partial charge in [-0.3, -0.25) is 9.59 Å². The number of fused-ring (bicyclic) bond motifs is 1. The Balaban J connectivity index is 1.71. The van der Waals surface area contributed by atoms with E-state index < -0.39 is 6.04 Å². The van der Waals surface area contributed by atoms with Crippen LogP contribution in [0.15, 0.2) is 48.5 Å². The van der Waals surface area contributed by atoms with Crippen molar-refractivity contribution < 1.29 is 14.0 Å². The number of nitrogens with one attached hydrogen (secondary N) is 2. The highest BCUT2D eigenvalue weighted by Crippen LogP contribution is 2.23. The Hall–Kier alpha value is -2.69. The second kappa shape index (κ2) is 6.83. The van der Waals surface area contributed by atoms with Gasteiger partial charge in [0.1, 0.15) is 11.9 Å². The first-order valence-electron chi connectivity index (χ1n) is 7.95. The molecular formula is C19H19FN2O2. The summed E-state index contributed by atoms with van der Waals surface area (Å²) in [7, 11) is 0. The highest BCUT2D eigenvalue weighted by molar-refractivity contribution is 5.90. The predicted molar refractivity (Wildman–Crippen MR) is 88.4 cm³/mol. The lowest BCUT2D eigenvalue weighted by Crippen LogP contribution is -2.45. The van der Waals surface area contributed by atoms with Gasteiger partial charge in [0, 0.05) is 12.5 Å². The summed E-state index contributed by atoms with van der Waals surface area (Å²) in [6, 6.07) is 13.1. The van der Waals surface area contributed by atoms with Crippen molar-refractivity contribution in [2.24, 2.45) is 5.92 Å². The molecule has 24 heavy (non-hydrogen) atoms. The summed E-state index contributed by atoms with van der Waals surface area (Å²) in [6.45, 7) is 2.24. The Labute approximate surface area is 140 Å². The number of amides is 2. The second-order valence-electron chi connectivity index (χ2n) is 6.09. The van der Waals surface area contributed by atoms with Gasteiger partial charge >= 0.3 is 0 Å². The number of halogens is 1.